The molecule has 0 aromatic carbocycles. The Bertz CT molecular complexity index is 184. The van der Waals surface area contributed by atoms with E-state index in [1.807, 2.05) is 0 Å². The molecule has 0 aliphatic heterocycles. The Morgan fingerprint density at radius 1 is 1.70 bits per heavy atom. The molecule has 0 unspecified atom stereocenters. The SMILES string of the molecule is II.OCc1cnc(Cl)s1. The summed E-state index contributed by atoms with van der Waals surface area (Å²) in [4.78, 5) is 4.51. The zero-order chi connectivity index (χ0) is 7.98. The van der Waals surface area contributed by atoms with Crippen molar-refractivity contribution in [3.8, 4) is 0 Å². The molecule has 0 atom stereocenters. The van der Waals surface area contributed by atoms with E-state index in [9.17, 15) is 0 Å². The van der Waals surface area contributed by atoms with Gasteiger partial charge in [0.1, 0.15) is 0 Å². The molecule has 0 aliphatic rings. The Kier molecular flexibility index (Phi) is 7.95. The monoisotopic (exact) mass is 403 g/mol. The van der Waals surface area contributed by atoms with Crippen molar-refractivity contribution < 1.29 is 5.11 Å². The van der Waals surface area contributed by atoms with Crippen molar-refractivity contribution in [2.75, 3.05) is 0 Å². The highest BCUT2D eigenvalue weighted by molar-refractivity contribution is 15.0. The minimum absolute atomic E-state index is 0.0321. The summed E-state index contributed by atoms with van der Waals surface area (Å²) < 4.78 is 0.481. The molecule has 2 nitrogen and oxygen atoms in total. The first-order chi connectivity index (χ1) is 4.83. The van der Waals surface area contributed by atoms with Crippen LogP contribution in [0.1, 0.15) is 4.88 Å². The summed E-state index contributed by atoms with van der Waals surface area (Å²) >= 11 is 11.0. The van der Waals surface area contributed by atoms with Crippen LogP contribution in [0.25, 0.3) is 0 Å². The lowest BCUT2D eigenvalue weighted by atomic mass is 10.6. The molecule has 0 bridgehead atoms. The average molecular weight is 403 g/mol. The number of hydrogen-bond acceptors (Lipinski definition) is 3. The average Bonchev–Trinajstić information content (AvgIpc) is 2.40. The Balaban J connectivity index is 0.000000371. The predicted octanol–water partition coefficient (Wildman–Crippen LogP) is 3.06. The maximum absolute atomic E-state index is 8.46. The zero-order valence-electron chi connectivity index (χ0n) is 4.72. The van der Waals surface area contributed by atoms with Crippen LogP contribution >= 0.6 is 60.2 Å². The van der Waals surface area contributed by atoms with Crippen LogP contribution < -0.4 is 0 Å². The maximum atomic E-state index is 8.46. The van der Waals surface area contributed by atoms with Crippen LogP contribution in [-0.4, -0.2) is 10.1 Å². The summed E-state index contributed by atoms with van der Waals surface area (Å²) in [6.07, 6.45) is 1.56. The Morgan fingerprint density at radius 3 is 2.50 bits per heavy atom. The Labute approximate surface area is 91.3 Å². The number of aliphatic hydroxyl groups is 1. The number of thiazole rings is 1. The van der Waals surface area contributed by atoms with E-state index in [4.69, 9.17) is 16.7 Å². The van der Waals surface area contributed by atoms with Crippen molar-refractivity contribution in [3.63, 3.8) is 0 Å². The van der Waals surface area contributed by atoms with E-state index in [1.165, 1.54) is 11.3 Å². The molecule has 0 saturated carbocycles. The molecule has 1 N–H and O–H groups in total. The van der Waals surface area contributed by atoms with Crippen molar-refractivity contribution in [2.24, 2.45) is 0 Å². The highest BCUT2D eigenvalue weighted by atomic mass is 128. The van der Waals surface area contributed by atoms with Gasteiger partial charge in [0, 0.05) is 43.4 Å². The molecule has 0 fully saturated rings. The molecule has 10 heavy (non-hydrogen) atoms. The Hall–Kier alpha value is 1.34. The summed E-state index contributed by atoms with van der Waals surface area (Å²) in [5.74, 6) is 0. The molecule has 58 valence electrons. The van der Waals surface area contributed by atoms with E-state index in [-0.39, 0.29) is 6.61 Å². The van der Waals surface area contributed by atoms with Gasteiger partial charge in [-0.25, -0.2) is 4.98 Å². The molecular formula is C4H4ClI2NOS. The van der Waals surface area contributed by atoms with Gasteiger partial charge in [0.05, 0.1) is 11.5 Å². The predicted molar refractivity (Wildman–Crippen MR) is 61.1 cm³/mol. The van der Waals surface area contributed by atoms with Gasteiger partial charge < -0.3 is 5.11 Å². The van der Waals surface area contributed by atoms with Crippen molar-refractivity contribution in [1.29, 1.82) is 0 Å². The van der Waals surface area contributed by atoms with E-state index in [0.29, 0.717) is 4.47 Å². The van der Waals surface area contributed by atoms with Crippen molar-refractivity contribution >= 4 is 60.2 Å². The van der Waals surface area contributed by atoms with Gasteiger partial charge in [-0.1, -0.05) is 11.6 Å². The quantitative estimate of drug-likeness (QED) is 0.732. The van der Waals surface area contributed by atoms with Crippen molar-refractivity contribution in [2.45, 2.75) is 6.61 Å². The van der Waals surface area contributed by atoms with E-state index in [0.717, 1.165) is 4.88 Å². The highest BCUT2D eigenvalue weighted by Gasteiger charge is 1.94. The van der Waals surface area contributed by atoms with Gasteiger partial charge in [-0.2, -0.15) is 0 Å². The van der Waals surface area contributed by atoms with Gasteiger partial charge >= 0.3 is 0 Å². The Morgan fingerprint density at radius 2 is 2.30 bits per heavy atom. The van der Waals surface area contributed by atoms with E-state index < -0.39 is 0 Å². The number of aromatic nitrogens is 1. The fourth-order valence-electron chi connectivity index (χ4n) is 0.357. The van der Waals surface area contributed by atoms with Crippen LogP contribution in [0.3, 0.4) is 0 Å². The summed E-state index contributed by atoms with van der Waals surface area (Å²) in [5.41, 5.74) is 0. The van der Waals surface area contributed by atoms with Crippen LogP contribution in [0.5, 0.6) is 0 Å². The first-order valence-electron chi connectivity index (χ1n) is 2.18. The topological polar surface area (TPSA) is 33.1 Å². The fourth-order valence-corrected chi connectivity index (χ4v) is 1.19. The molecule has 6 heteroatoms. The van der Waals surface area contributed by atoms with E-state index in [2.05, 4.69) is 42.2 Å². The van der Waals surface area contributed by atoms with Crippen LogP contribution in [0.4, 0.5) is 0 Å². The third-order valence-electron chi connectivity index (χ3n) is 0.681. The van der Waals surface area contributed by atoms with Gasteiger partial charge in [-0.3, -0.25) is 0 Å². The molecule has 0 spiro atoms. The largest absolute Gasteiger partial charge is 0.391 e. The molecule has 0 aliphatic carbocycles. The summed E-state index contributed by atoms with van der Waals surface area (Å²) in [7, 11) is 0. The number of rotatable bonds is 1. The zero-order valence-corrected chi connectivity index (χ0v) is 10.6. The number of aliphatic hydroxyl groups excluding tert-OH is 1. The lowest BCUT2D eigenvalue weighted by Crippen LogP contribution is -1.70. The number of nitrogens with zero attached hydrogens (tertiary/aromatic N) is 1. The van der Waals surface area contributed by atoms with Crippen molar-refractivity contribution in [1.82, 2.24) is 4.98 Å². The van der Waals surface area contributed by atoms with Gasteiger partial charge in [0.2, 0.25) is 0 Å². The van der Waals surface area contributed by atoms with Crippen LogP contribution in [0.2, 0.25) is 4.47 Å². The molecule has 0 radical (unpaired) electrons. The third kappa shape index (κ3) is 4.27. The smallest absolute Gasteiger partial charge is 0.183 e. The molecule has 1 rings (SSSR count). The minimum atomic E-state index is 0.0321. The standard InChI is InChI=1S/C4H4ClNOS.I2/c5-4-6-1-3(2-7)8-4;1-2/h1,7H,2H2;. The van der Waals surface area contributed by atoms with Gasteiger partial charge in [0.15, 0.2) is 4.47 Å². The van der Waals surface area contributed by atoms with Crippen LogP contribution in [0.15, 0.2) is 6.20 Å². The molecule has 1 aromatic heterocycles. The fraction of sp³-hybridized carbons (Fsp3) is 0.250. The summed E-state index contributed by atoms with van der Waals surface area (Å²) in [5, 5.41) is 8.46. The van der Waals surface area contributed by atoms with Crippen molar-refractivity contribution in [3.05, 3.63) is 15.5 Å². The summed E-state index contributed by atoms with van der Waals surface area (Å²) in [6, 6.07) is 0. The maximum Gasteiger partial charge on any atom is 0.183 e. The lowest BCUT2D eigenvalue weighted by molar-refractivity contribution is 0.285. The normalized spacial score (nSPS) is 8.40. The first kappa shape index (κ1) is 11.3. The second-order valence-corrected chi connectivity index (χ2v) is 2.93. The third-order valence-corrected chi connectivity index (χ3v) is 1.78. The van der Waals surface area contributed by atoms with Gasteiger partial charge in [-0.15, -0.1) is 11.3 Å². The highest BCUT2D eigenvalue weighted by Crippen LogP contribution is 2.16. The second kappa shape index (κ2) is 7.01. The van der Waals surface area contributed by atoms with Gasteiger partial charge in [0.25, 0.3) is 0 Å². The second-order valence-electron chi connectivity index (χ2n) is 1.24. The van der Waals surface area contributed by atoms with E-state index in [1.54, 1.807) is 6.20 Å². The molecule has 1 heterocycles. The molecule has 0 saturated heterocycles. The molecular weight excluding hydrogens is 399 g/mol. The molecule has 1 aromatic rings. The first-order valence-corrected chi connectivity index (χ1v) is 9.66. The summed E-state index contributed by atoms with van der Waals surface area (Å²) in [6.45, 7) is 0.0321. The number of hydrogen-bond donors (Lipinski definition) is 1. The van der Waals surface area contributed by atoms with Gasteiger partial charge in [-0.05, 0) is 0 Å². The number of halogens is 3. The van der Waals surface area contributed by atoms with Crippen LogP contribution in [0, 0.1) is 0 Å². The lowest BCUT2D eigenvalue weighted by Gasteiger charge is -1.77. The van der Waals surface area contributed by atoms with Crippen LogP contribution in [-0.2, 0) is 6.61 Å². The molecule has 0 amide bonds. The van der Waals surface area contributed by atoms with E-state index >= 15 is 0 Å². The minimum Gasteiger partial charge on any atom is -0.391 e.